The Morgan fingerprint density at radius 2 is 1.61 bits per heavy atom. The first kappa shape index (κ1) is 30.3. The Kier molecular flexibility index (Phi) is 9.46. The number of hydrogen-bond donors (Lipinski definition) is 2. The normalized spacial score (nSPS) is 17.0. The molecule has 0 bridgehead atoms. The minimum absolute atomic E-state index is 0.186. The molecular weight excluding hydrogens is 496 g/mol. The van der Waals surface area contributed by atoms with Gasteiger partial charge in [0.15, 0.2) is 11.5 Å². The van der Waals surface area contributed by atoms with Crippen LogP contribution in [-0.2, 0) is 17.4 Å². The molecule has 212 valence electrons. The molecule has 1 fully saturated rings. The highest BCUT2D eigenvalue weighted by Crippen LogP contribution is 2.47. The molecular formula is C31H48N2O4S. The van der Waals surface area contributed by atoms with Crippen molar-refractivity contribution in [2.24, 2.45) is 0 Å². The molecule has 1 N–H and O–H groups in total. The maximum atomic E-state index is 11.3. The van der Waals surface area contributed by atoms with Crippen LogP contribution in [0.25, 0.3) is 0 Å². The predicted molar refractivity (Wildman–Crippen MR) is 160 cm³/mol. The monoisotopic (exact) mass is 544 g/mol. The van der Waals surface area contributed by atoms with Crippen molar-refractivity contribution in [2.75, 3.05) is 45.9 Å². The van der Waals surface area contributed by atoms with Crippen LogP contribution in [0.1, 0.15) is 78.0 Å². The van der Waals surface area contributed by atoms with Crippen molar-refractivity contribution < 1.29 is 19.3 Å². The van der Waals surface area contributed by atoms with Gasteiger partial charge >= 0.3 is 0 Å². The molecule has 2 aromatic carbocycles. The third kappa shape index (κ3) is 6.15. The van der Waals surface area contributed by atoms with E-state index < -0.39 is 0 Å². The van der Waals surface area contributed by atoms with Crippen LogP contribution in [0.15, 0.2) is 23.1 Å². The lowest BCUT2D eigenvalue weighted by atomic mass is 9.79. The molecule has 0 spiro atoms. The van der Waals surface area contributed by atoms with E-state index in [-0.39, 0.29) is 10.8 Å². The van der Waals surface area contributed by atoms with Gasteiger partial charge in [-0.1, -0.05) is 61.0 Å². The number of benzene rings is 2. The molecule has 1 saturated heterocycles. The van der Waals surface area contributed by atoms with Crippen LogP contribution < -0.4 is 19.1 Å². The number of phenolic OH excluding ortho intramolecular Hbond substituents is 1. The summed E-state index contributed by atoms with van der Waals surface area (Å²) in [5.74, 6) is 2.40. The van der Waals surface area contributed by atoms with Gasteiger partial charge < -0.3 is 24.2 Å². The van der Waals surface area contributed by atoms with E-state index in [4.69, 9.17) is 26.8 Å². The quantitative estimate of drug-likeness (QED) is 0.357. The molecule has 0 aliphatic carbocycles. The van der Waals surface area contributed by atoms with Gasteiger partial charge in [0.25, 0.3) is 0 Å². The zero-order valence-electron chi connectivity index (χ0n) is 25.1. The first-order chi connectivity index (χ1) is 17.8. The highest BCUT2D eigenvalue weighted by atomic mass is 32.1. The van der Waals surface area contributed by atoms with Crippen LogP contribution in [0, 0.1) is 0 Å². The van der Waals surface area contributed by atoms with Gasteiger partial charge in [-0.25, -0.2) is 0 Å². The Morgan fingerprint density at radius 1 is 0.947 bits per heavy atom. The molecule has 2 aromatic rings. The SMILES string of the molecule is CCCC1CN(c2cc(C(C)(C)C)c(O)c(C(C)(C)C)c2S)CCN1Cc1ccc(OC)c(OC)c1OC. The third-order valence-electron chi connectivity index (χ3n) is 7.54. The molecule has 6 nitrogen and oxygen atoms in total. The maximum Gasteiger partial charge on any atom is 0.203 e. The van der Waals surface area contributed by atoms with Crippen molar-refractivity contribution in [3.8, 4) is 23.0 Å². The molecule has 1 heterocycles. The Labute approximate surface area is 235 Å². The number of phenols is 1. The molecule has 1 unspecified atom stereocenters. The zero-order valence-corrected chi connectivity index (χ0v) is 26.0. The smallest absolute Gasteiger partial charge is 0.203 e. The average Bonchev–Trinajstić information content (AvgIpc) is 2.83. The fraction of sp³-hybridized carbons (Fsp3) is 0.613. The number of hydrogen-bond acceptors (Lipinski definition) is 7. The number of thiol groups is 1. The highest BCUT2D eigenvalue weighted by Gasteiger charge is 2.34. The Balaban J connectivity index is 1.98. The highest BCUT2D eigenvalue weighted by molar-refractivity contribution is 7.80. The van der Waals surface area contributed by atoms with Crippen molar-refractivity contribution in [1.29, 1.82) is 0 Å². The molecule has 1 aliphatic heterocycles. The fourth-order valence-electron chi connectivity index (χ4n) is 5.60. The number of methoxy groups -OCH3 is 3. The molecule has 0 radical (unpaired) electrons. The zero-order chi connectivity index (χ0) is 28.4. The molecule has 3 rings (SSSR count). The van der Waals surface area contributed by atoms with E-state index in [1.54, 1.807) is 21.3 Å². The second kappa shape index (κ2) is 11.9. The Hall–Kier alpha value is -2.25. The van der Waals surface area contributed by atoms with Crippen LogP contribution >= 0.6 is 12.6 Å². The molecule has 0 saturated carbocycles. The van der Waals surface area contributed by atoms with E-state index in [1.165, 1.54) is 0 Å². The molecule has 0 aromatic heterocycles. The summed E-state index contributed by atoms with van der Waals surface area (Å²) in [6.07, 6.45) is 2.19. The summed E-state index contributed by atoms with van der Waals surface area (Å²) in [6.45, 7) is 18.6. The van der Waals surface area contributed by atoms with E-state index in [9.17, 15) is 5.11 Å². The Morgan fingerprint density at radius 3 is 2.13 bits per heavy atom. The number of nitrogens with zero attached hydrogens (tertiary/aromatic N) is 2. The van der Waals surface area contributed by atoms with Crippen LogP contribution in [0.5, 0.6) is 23.0 Å². The van der Waals surface area contributed by atoms with Crippen molar-refractivity contribution in [3.05, 3.63) is 34.9 Å². The second-order valence-corrected chi connectivity index (χ2v) is 12.8. The van der Waals surface area contributed by atoms with E-state index in [0.29, 0.717) is 23.3 Å². The van der Waals surface area contributed by atoms with Crippen LogP contribution in [0.4, 0.5) is 5.69 Å². The maximum absolute atomic E-state index is 11.3. The summed E-state index contributed by atoms with van der Waals surface area (Å²) >= 11 is 5.02. The van der Waals surface area contributed by atoms with Gasteiger partial charge in [0.05, 0.1) is 27.0 Å². The van der Waals surface area contributed by atoms with Crippen molar-refractivity contribution >= 4 is 18.3 Å². The van der Waals surface area contributed by atoms with Crippen molar-refractivity contribution in [2.45, 2.75) is 89.6 Å². The minimum atomic E-state index is -0.230. The predicted octanol–water partition coefficient (Wildman–Crippen LogP) is 6.79. The number of anilines is 1. The summed E-state index contributed by atoms with van der Waals surface area (Å²) in [7, 11) is 4.97. The minimum Gasteiger partial charge on any atom is -0.507 e. The second-order valence-electron chi connectivity index (χ2n) is 12.4. The lowest BCUT2D eigenvalue weighted by Crippen LogP contribution is -2.53. The van der Waals surface area contributed by atoms with Gasteiger partial charge in [0.1, 0.15) is 5.75 Å². The van der Waals surface area contributed by atoms with Crippen molar-refractivity contribution in [1.82, 2.24) is 4.90 Å². The first-order valence-corrected chi connectivity index (χ1v) is 14.1. The number of piperazine rings is 1. The fourth-order valence-corrected chi connectivity index (χ4v) is 6.25. The number of rotatable bonds is 8. The van der Waals surface area contributed by atoms with Gasteiger partial charge in [-0.2, -0.15) is 0 Å². The summed E-state index contributed by atoms with van der Waals surface area (Å²) in [5.41, 5.74) is 3.68. The first-order valence-electron chi connectivity index (χ1n) is 13.6. The van der Waals surface area contributed by atoms with Crippen LogP contribution in [0.3, 0.4) is 0 Å². The molecule has 0 amide bonds. The van der Waals surface area contributed by atoms with Gasteiger partial charge in [0.2, 0.25) is 5.75 Å². The standard InChI is InChI=1S/C31H48N2O4S/c1-11-12-21-19-33(23-17-22(30(2,3)4)26(34)25(29(23)38)31(5,6)7)16-15-32(21)18-20-13-14-24(35-8)28(37-10)27(20)36-9/h13-14,17,21,34,38H,11-12,15-16,18-19H2,1-10H3. The molecule has 7 heteroatoms. The summed E-state index contributed by atoms with van der Waals surface area (Å²) in [5, 5.41) is 11.3. The van der Waals surface area contributed by atoms with Gasteiger partial charge in [0, 0.05) is 53.8 Å². The van der Waals surface area contributed by atoms with Gasteiger partial charge in [-0.3, -0.25) is 4.90 Å². The number of ether oxygens (including phenoxy) is 3. The van der Waals surface area contributed by atoms with E-state index in [0.717, 1.165) is 72.0 Å². The summed E-state index contributed by atoms with van der Waals surface area (Å²) in [6, 6.07) is 6.56. The van der Waals surface area contributed by atoms with E-state index in [2.05, 4.69) is 70.4 Å². The largest absolute Gasteiger partial charge is 0.507 e. The van der Waals surface area contributed by atoms with Gasteiger partial charge in [-0.15, -0.1) is 12.6 Å². The number of aromatic hydroxyl groups is 1. The summed E-state index contributed by atoms with van der Waals surface area (Å²) in [4.78, 5) is 5.90. The average molecular weight is 545 g/mol. The van der Waals surface area contributed by atoms with E-state index >= 15 is 0 Å². The van der Waals surface area contributed by atoms with Crippen LogP contribution in [0.2, 0.25) is 0 Å². The Bertz CT molecular complexity index is 1120. The summed E-state index contributed by atoms with van der Waals surface area (Å²) < 4.78 is 16.9. The lowest BCUT2D eigenvalue weighted by molar-refractivity contribution is 0.156. The third-order valence-corrected chi connectivity index (χ3v) is 7.99. The van der Waals surface area contributed by atoms with Crippen LogP contribution in [-0.4, -0.2) is 57.0 Å². The topological polar surface area (TPSA) is 54.4 Å². The lowest BCUT2D eigenvalue weighted by Gasteiger charge is -2.44. The van der Waals surface area contributed by atoms with Gasteiger partial charge in [-0.05, 0) is 29.4 Å². The van der Waals surface area contributed by atoms with Crippen molar-refractivity contribution in [3.63, 3.8) is 0 Å². The molecule has 1 aliphatic rings. The molecule has 38 heavy (non-hydrogen) atoms. The van der Waals surface area contributed by atoms with E-state index in [1.807, 2.05) is 6.07 Å². The molecule has 1 atom stereocenters.